The maximum Gasteiger partial charge on any atom is 0.303 e. The molecule has 0 amide bonds. The summed E-state index contributed by atoms with van der Waals surface area (Å²) in [7, 11) is 3.15. The molecular formula is C9H16O5. The molecule has 0 aromatic heterocycles. The smallest absolute Gasteiger partial charge is 0.303 e. The summed E-state index contributed by atoms with van der Waals surface area (Å²) in [4.78, 5) is 10.8. The molecule has 0 N–H and O–H groups in total. The Labute approximate surface area is 83.3 Å². The van der Waals surface area contributed by atoms with Gasteiger partial charge in [0.25, 0.3) is 0 Å². The van der Waals surface area contributed by atoms with E-state index in [1.54, 1.807) is 14.2 Å². The minimum Gasteiger partial charge on any atom is -0.457 e. The van der Waals surface area contributed by atoms with E-state index in [0.29, 0.717) is 13.2 Å². The SMILES string of the molecule is CO[C@@H]1[C@H](OC)COC[C@H]1OC(C)=O. The fourth-order valence-electron chi connectivity index (χ4n) is 1.55. The van der Waals surface area contributed by atoms with Crippen LogP contribution in [0.25, 0.3) is 0 Å². The summed E-state index contributed by atoms with van der Waals surface area (Å²) < 4.78 is 20.7. The second-order valence-electron chi connectivity index (χ2n) is 3.16. The van der Waals surface area contributed by atoms with Gasteiger partial charge in [-0.1, -0.05) is 0 Å². The summed E-state index contributed by atoms with van der Waals surface area (Å²) >= 11 is 0. The number of carbonyl (C=O) groups is 1. The number of rotatable bonds is 3. The van der Waals surface area contributed by atoms with Crippen molar-refractivity contribution in [3.63, 3.8) is 0 Å². The molecule has 5 heteroatoms. The molecular weight excluding hydrogens is 188 g/mol. The van der Waals surface area contributed by atoms with E-state index in [1.165, 1.54) is 6.92 Å². The van der Waals surface area contributed by atoms with Gasteiger partial charge in [0.1, 0.15) is 12.2 Å². The topological polar surface area (TPSA) is 54.0 Å². The van der Waals surface area contributed by atoms with E-state index in [4.69, 9.17) is 18.9 Å². The Morgan fingerprint density at radius 1 is 1.21 bits per heavy atom. The first kappa shape index (κ1) is 11.4. The summed E-state index contributed by atoms with van der Waals surface area (Å²) in [5, 5.41) is 0. The molecule has 1 aliphatic heterocycles. The van der Waals surface area contributed by atoms with Gasteiger partial charge < -0.3 is 18.9 Å². The maximum absolute atomic E-state index is 10.8. The Balaban J connectivity index is 2.58. The van der Waals surface area contributed by atoms with E-state index in [0.717, 1.165) is 0 Å². The van der Waals surface area contributed by atoms with Gasteiger partial charge in [0.05, 0.1) is 13.2 Å². The predicted molar refractivity (Wildman–Crippen MR) is 48.0 cm³/mol. The predicted octanol–water partition coefficient (Wildman–Crippen LogP) is -0.0217. The van der Waals surface area contributed by atoms with Crippen LogP contribution in [0, 0.1) is 0 Å². The summed E-state index contributed by atoms with van der Waals surface area (Å²) in [5.74, 6) is -0.336. The summed E-state index contributed by atoms with van der Waals surface area (Å²) in [6, 6.07) is 0. The lowest BCUT2D eigenvalue weighted by atomic mass is 10.1. The monoisotopic (exact) mass is 204 g/mol. The first-order valence-electron chi connectivity index (χ1n) is 4.49. The Bertz CT molecular complexity index is 194. The molecule has 1 rings (SSSR count). The van der Waals surface area contributed by atoms with E-state index in [9.17, 15) is 4.79 Å². The van der Waals surface area contributed by atoms with Gasteiger partial charge in [0.2, 0.25) is 0 Å². The molecule has 1 saturated heterocycles. The molecule has 1 heterocycles. The third-order valence-electron chi connectivity index (χ3n) is 2.19. The minimum atomic E-state index is -0.379. The number of hydrogen-bond donors (Lipinski definition) is 0. The minimum absolute atomic E-state index is 0.182. The van der Waals surface area contributed by atoms with Gasteiger partial charge in [-0.3, -0.25) is 4.79 Å². The van der Waals surface area contributed by atoms with Crippen molar-refractivity contribution in [2.45, 2.75) is 25.2 Å². The third-order valence-corrected chi connectivity index (χ3v) is 2.19. The third kappa shape index (κ3) is 2.67. The molecule has 3 atom stereocenters. The number of carbonyl (C=O) groups excluding carboxylic acids is 1. The molecule has 82 valence electrons. The van der Waals surface area contributed by atoms with E-state index in [1.807, 2.05) is 0 Å². The molecule has 5 nitrogen and oxygen atoms in total. The molecule has 0 saturated carbocycles. The van der Waals surface area contributed by atoms with E-state index < -0.39 is 0 Å². The van der Waals surface area contributed by atoms with Crippen molar-refractivity contribution >= 4 is 5.97 Å². The standard InChI is InChI=1S/C9H16O5/c1-6(10)14-8-5-13-4-7(11-2)9(8)12-3/h7-9H,4-5H2,1-3H3/t7-,8-,9-/m1/s1. The largest absolute Gasteiger partial charge is 0.457 e. The molecule has 0 aromatic carbocycles. The van der Waals surface area contributed by atoms with Crippen LogP contribution >= 0.6 is 0 Å². The van der Waals surface area contributed by atoms with Crippen molar-refractivity contribution in [2.24, 2.45) is 0 Å². The summed E-state index contributed by atoms with van der Waals surface area (Å²) in [5.41, 5.74) is 0. The van der Waals surface area contributed by atoms with Crippen molar-refractivity contribution in [3.05, 3.63) is 0 Å². The van der Waals surface area contributed by atoms with Crippen LogP contribution in [0.1, 0.15) is 6.92 Å². The van der Waals surface area contributed by atoms with Crippen molar-refractivity contribution in [1.82, 2.24) is 0 Å². The Kier molecular flexibility index (Phi) is 4.31. The second kappa shape index (κ2) is 5.29. The number of hydrogen-bond acceptors (Lipinski definition) is 5. The van der Waals surface area contributed by atoms with Gasteiger partial charge in [-0.2, -0.15) is 0 Å². The second-order valence-corrected chi connectivity index (χ2v) is 3.16. The number of ether oxygens (including phenoxy) is 4. The highest BCUT2D eigenvalue weighted by Gasteiger charge is 2.36. The molecule has 0 spiro atoms. The zero-order valence-electron chi connectivity index (χ0n) is 8.69. The zero-order valence-corrected chi connectivity index (χ0v) is 8.69. The van der Waals surface area contributed by atoms with Crippen LogP contribution in [0.15, 0.2) is 0 Å². The number of methoxy groups -OCH3 is 2. The fraction of sp³-hybridized carbons (Fsp3) is 0.889. The number of esters is 1. The van der Waals surface area contributed by atoms with Crippen LogP contribution in [0.2, 0.25) is 0 Å². The molecule has 0 radical (unpaired) electrons. The van der Waals surface area contributed by atoms with Crippen LogP contribution in [-0.4, -0.2) is 51.7 Å². The lowest BCUT2D eigenvalue weighted by Gasteiger charge is -2.35. The van der Waals surface area contributed by atoms with Crippen LogP contribution in [0.4, 0.5) is 0 Å². The quantitative estimate of drug-likeness (QED) is 0.605. The van der Waals surface area contributed by atoms with E-state index in [2.05, 4.69) is 0 Å². The van der Waals surface area contributed by atoms with E-state index >= 15 is 0 Å². The lowest BCUT2D eigenvalue weighted by Crippen LogP contribution is -2.51. The molecule has 0 bridgehead atoms. The average Bonchev–Trinajstić information content (AvgIpc) is 2.16. The highest BCUT2D eigenvalue weighted by Crippen LogP contribution is 2.17. The summed E-state index contributed by atoms with van der Waals surface area (Å²) in [6.07, 6.45) is -0.813. The lowest BCUT2D eigenvalue weighted by molar-refractivity contribution is -0.194. The van der Waals surface area contributed by atoms with Crippen LogP contribution in [0.5, 0.6) is 0 Å². The molecule has 1 fully saturated rings. The normalized spacial score (nSPS) is 32.6. The van der Waals surface area contributed by atoms with Gasteiger partial charge >= 0.3 is 5.97 Å². The first-order valence-corrected chi connectivity index (χ1v) is 4.49. The highest BCUT2D eigenvalue weighted by molar-refractivity contribution is 5.66. The Morgan fingerprint density at radius 3 is 2.36 bits per heavy atom. The van der Waals surface area contributed by atoms with Gasteiger partial charge in [-0.25, -0.2) is 0 Å². The van der Waals surface area contributed by atoms with Gasteiger partial charge in [0.15, 0.2) is 6.10 Å². The van der Waals surface area contributed by atoms with Gasteiger partial charge in [0, 0.05) is 21.1 Å². The maximum atomic E-state index is 10.8. The fourth-order valence-corrected chi connectivity index (χ4v) is 1.55. The van der Waals surface area contributed by atoms with Crippen molar-refractivity contribution in [2.75, 3.05) is 27.4 Å². The molecule has 0 aliphatic carbocycles. The van der Waals surface area contributed by atoms with Crippen molar-refractivity contribution in [1.29, 1.82) is 0 Å². The molecule has 0 aromatic rings. The zero-order chi connectivity index (χ0) is 10.6. The molecule has 14 heavy (non-hydrogen) atoms. The average molecular weight is 204 g/mol. The highest BCUT2D eigenvalue weighted by atomic mass is 16.6. The van der Waals surface area contributed by atoms with Crippen LogP contribution in [0.3, 0.4) is 0 Å². The van der Waals surface area contributed by atoms with Gasteiger partial charge in [-0.15, -0.1) is 0 Å². The summed E-state index contributed by atoms with van der Waals surface area (Å²) in [6.45, 7) is 2.19. The van der Waals surface area contributed by atoms with Gasteiger partial charge in [-0.05, 0) is 0 Å². The van der Waals surface area contributed by atoms with Crippen molar-refractivity contribution < 1.29 is 23.7 Å². The Morgan fingerprint density at radius 2 is 1.86 bits per heavy atom. The molecule has 1 aliphatic rings. The van der Waals surface area contributed by atoms with Crippen LogP contribution in [-0.2, 0) is 23.7 Å². The Hall–Kier alpha value is -0.650. The van der Waals surface area contributed by atoms with Crippen LogP contribution < -0.4 is 0 Å². The van der Waals surface area contributed by atoms with E-state index in [-0.39, 0.29) is 24.3 Å². The first-order chi connectivity index (χ1) is 6.69. The van der Waals surface area contributed by atoms with Crippen molar-refractivity contribution in [3.8, 4) is 0 Å². The molecule has 0 unspecified atom stereocenters.